The number of aryl methyl sites for hydroxylation is 1. The molecule has 2 N–H and O–H groups in total. The first kappa shape index (κ1) is 12.4. The number of hydrogen-bond acceptors (Lipinski definition) is 5. The highest BCUT2D eigenvalue weighted by Gasteiger charge is 2.11. The normalized spacial score (nSPS) is 10.3. The van der Waals surface area contributed by atoms with Gasteiger partial charge in [0.25, 0.3) is 5.91 Å². The number of amides is 1. The molecule has 0 saturated heterocycles. The highest BCUT2D eigenvalue weighted by molar-refractivity contribution is 6.30. The van der Waals surface area contributed by atoms with Gasteiger partial charge in [-0.15, -0.1) is 0 Å². The third-order valence-electron chi connectivity index (χ3n) is 2.14. The first-order chi connectivity index (χ1) is 8.56. The van der Waals surface area contributed by atoms with Crippen molar-refractivity contribution in [1.82, 2.24) is 10.1 Å². The maximum Gasteiger partial charge on any atom is 0.252 e. The van der Waals surface area contributed by atoms with E-state index in [4.69, 9.17) is 26.6 Å². The summed E-state index contributed by atoms with van der Waals surface area (Å²) in [5.41, 5.74) is 5.48. The van der Waals surface area contributed by atoms with Crippen molar-refractivity contribution in [2.45, 2.75) is 13.5 Å². The molecule has 0 aliphatic heterocycles. The van der Waals surface area contributed by atoms with Crippen LogP contribution in [-0.2, 0) is 6.61 Å². The molecule has 1 heterocycles. The number of rotatable bonds is 4. The van der Waals surface area contributed by atoms with Crippen molar-refractivity contribution < 1.29 is 14.1 Å². The minimum Gasteiger partial charge on any atom is -0.485 e. The molecule has 0 aliphatic carbocycles. The second-order valence-electron chi connectivity index (χ2n) is 3.52. The van der Waals surface area contributed by atoms with Crippen LogP contribution in [0.5, 0.6) is 5.75 Å². The molecule has 0 saturated carbocycles. The summed E-state index contributed by atoms with van der Waals surface area (Å²) in [6.45, 7) is 1.74. The molecule has 6 nitrogen and oxygen atoms in total. The van der Waals surface area contributed by atoms with Crippen molar-refractivity contribution in [3.63, 3.8) is 0 Å². The van der Waals surface area contributed by atoms with Gasteiger partial charge in [0.15, 0.2) is 6.61 Å². The fraction of sp³-hybridized carbons (Fsp3) is 0.182. The number of aromatic nitrogens is 2. The first-order valence-corrected chi connectivity index (χ1v) is 5.45. The summed E-state index contributed by atoms with van der Waals surface area (Å²) in [5, 5.41) is 4.11. The lowest BCUT2D eigenvalue weighted by Crippen LogP contribution is -2.13. The van der Waals surface area contributed by atoms with Crippen LogP contribution in [0.3, 0.4) is 0 Å². The number of hydrogen-bond donors (Lipinski definition) is 1. The van der Waals surface area contributed by atoms with E-state index < -0.39 is 5.91 Å². The Hall–Kier alpha value is -2.08. The van der Waals surface area contributed by atoms with E-state index in [0.717, 1.165) is 0 Å². The van der Waals surface area contributed by atoms with Gasteiger partial charge in [0, 0.05) is 11.9 Å². The number of nitrogens with two attached hydrogens (primary N) is 1. The molecule has 18 heavy (non-hydrogen) atoms. The van der Waals surface area contributed by atoms with Gasteiger partial charge >= 0.3 is 0 Å². The number of nitrogens with zero attached hydrogens (tertiary/aromatic N) is 2. The topological polar surface area (TPSA) is 91.2 Å². The van der Waals surface area contributed by atoms with E-state index in [2.05, 4.69) is 10.1 Å². The van der Waals surface area contributed by atoms with Gasteiger partial charge < -0.3 is 15.0 Å². The molecule has 1 amide bonds. The molecule has 1 aromatic heterocycles. The monoisotopic (exact) mass is 267 g/mol. The van der Waals surface area contributed by atoms with Crippen LogP contribution in [-0.4, -0.2) is 16.0 Å². The summed E-state index contributed by atoms with van der Waals surface area (Å²) < 4.78 is 10.2. The molecule has 7 heteroatoms. The lowest BCUT2D eigenvalue weighted by atomic mass is 10.2. The minimum atomic E-state index is -0.592. The van der Waals surface area contributed by atoms with Gasteiger partial charge in [-0.1, -0.05) is 16.8 Å². The number of ether oxygens (including phenoxy) is 1. The van der Waals surface area contributed by atoms with Gasteiger partial charge in [0.2, 0.25) is 11.7 Å². The third-order valence-corrected chi connectivity index (χ3v) is 2.37. The maximum atomic E-state index is 11.2. The fourth-order valence-electron chi connectivity index (χ4n) is 1.36. The van der Waals surface area contributed by atoms with Crippen LogP contribution in [0.15, 0.2) is 22.7 Å². The zero-order chi connectivity index (χ0) is 13.1. The van der Waals surface area contributed by atoms with E-state index in [1.165, 1.54) is 12.1 Å². The smallest absolute Gasteiger partial charge is 0.252 e. The standard InChI is InChI=1S/C11H10ClN3O3/c1-6-14-10(15-18-6)5-17-9-4-7(12)2-3-8(9)11(13)16/h2-4H,5H2,1H3,(H2,13,16). The summed E-state index contributed by atoms with van der Waals surface area (Å²) in [6.07, 6.45) is 0. The van der Waals surface area contributed by atoms with Crippen LogP contribution in [0.1, 0.15) is 22.1 Å². The predicted octanol–water partition coefficient (Wildman–Crippen LogP) is 1.71. The average Bonchev–Trinajstić information content (AvgIpc) is 2.72. The number of benzene rings is 1. The summed E-state index contributed by atoms with van der Waals surface area (Å²) in [5.74, 6) is 0.515. The zero-order valence-corrected chi connectivity index (χ0v) is 10.3. The number of primary amides is 1. The van der Waals surface area contributed by atoms with E-state index in [-0.39, 0.29) is 17.9 Å². The zero-order valence-electron chi connectivity index (χ0n) is 9.51. The molecule has 0 fully saturated rings. The van der Waals surface area contributed by atoms with Crippen molar-refractivity contribution in [2.24, 2.45) is 5.73 Å². The van der Waals surface area contributed by atoms with Crippen molar-refractivity contribution in [3.8, 4) is 5.75 Å². The number of carbonyl (C=O) groups excluding carboxylic acids is 1. The molecule has 0 spiro atoms. The Morgan fingerprint density at radius 2 is 2.33 bits per heavy atom. The molecular weight excluding hydrogens is 258 g/mol. The molecule has 1 aromatic carbocycles. The molecule has 94 valence electrons. The maximum absolute atomic E-state index is 11.2. The SMILES string of the molecule is Cc1nc(COc2cc(Cl)ccc2C(N)=O)no1. The summed E-state index contributed by atoms with van der Waals surface area (Å²) in [6, 6.07) is 4.57. The van der Waals surface area contributed by atoms with Crippen molar-refractivity contribution in [1.29, 1.82) is 0 Å². The van der Waals surface area contributed by atoms with Gasteiger partial charge in [-0.3, -0.25) is 4.79 Å². The highest BCUT2D eigenvalue weighted by Crippen LogP contribution is 2.23. The summed E-state index contributed by atoms with van der Waals surface area (Å²) in [7, 11) is 0. The molecule has 2 aromatic rings. The summed E-state index contributed by atoms with van der Waals surface area (Å²) in [4.78, 5) is 15.2. The summed E-state index contributed by atoms with van der Waals surface area (Å²) >= 11 is 5.83. The Balaban J connectivity index is 2.17. The highest BCUT2D eigenvalue weighted by atomic mass is 35.5. The van der Waals surface area contributed by atoms with Crippen molar-refractivity contribution >= 4 is 17.5 Å². The Morgan fingerprint density at radius 1 is 1.56 bits per heavy atom. The Morgan fingerprint density at radius 3 is 2.94 bits per heavy atom. The molecule has 0 aliphatic rings. The van der Waals surface area contributed by atoms with Crippen LogP contribution >= 0.6 is 11.6 Å². The minimum absolute atomic E-state index is 0.0674. The Kier molecular flexibility index (Phi) is 3.47. The predicted molar refractivity (Wildman–Crippen MR) is 63.3 cm³/mol. The van der Waals surface area contributed by atoms with E-state index in [1.54, 1.807) is 13.0 Å². The Bertz CT molecular complexity index is 583. The van der Waals surface area contributed by atoms with E-state index in [9.17, 15) is 4.79 Å². The second kappa shape index (κ2) is 5.05. The van der Waals surface area contributed by atoms with E-state index in [0.29, 0.717) is 16.7 Å². The molecule has 0 unspecified atom stereocenters. The lowest BCUT2D eigenvalue weighted by Gasteiger charge is -2.07. The molecule has 0 atom stereocenters. The van der Waals surface area contributed by atoms with Crippen LogP contribution in [0.4, 0.5) is 0 Å². The van der Waals surface area contributed by atoms with Crippen LogP contribution in [0, 0.1) is 6.92 Å². The first-order valence-electron chi connectivity index (χ1n) is 5.07. The lowest BCUT2D eigenvalue weighted by molar-refractivity contribution is 0.0995. The van der Waals surface area contributed by atoms with Crippen LogP contribution in [0.25, 0.3) is 0 Å². The van der Waals surface area contributed by atoms with Gasteiger partial charge in [0.1, 0.15) is 5.75 Å². The average molecular weight is 268 g/mol. The van der Waals surface area contributed by atoms with E-state index >= 15 is 0 Å². The Labute approximate surface area is 108 Å². The van der Waals surface area contributed by atoms with Crippen molar-refractivity contribution in [2.75, 3.05) is 0 Å². The number of carbonyl (C=O) groups is 1. The molecular formula is C11H10ClN3O3. The quantitative estimate of drug-likeness (QED) is 0.910. The van der Waals surface area contributed by atoms with Crippen molar-refractivity contribution in [3.05, 3.63) is 40.5 Å². The second-order valence-corrected chi connectivity index (χ2v) is 3.96. The fourth-order valence-corrected chi connectivity index (χ4v) is 1.52. The van der Waals surface area contributed by atoms with Gasteiger partial charge in [-0.25, -0.2) is 0 Å². The largest absolute Gasteiger partial charge is 0.485 e. The van der Waals surface area contributed by atoms with Crippen LogP contribution < -0.4 is 10.5 Å². The molecule has 0 radical (unpaired) electrons. The van der Waals surface area contributed by atoms with Gasteiger partial charge in [-0.2, -0.15) is 4.98 Å². The van der Waals surface area contributed by atoms with Crippen LogP contribution in [0.2, 0.25) is 5.02 Å². The van der Waals surface area contributed by atoms with Gasteiger partial charge in [0.05, 0.1) is 5.56 Å². The molecule has 0 bridgehead atoms. The third kappa shape index (κ3) is 2.78. The van der Waals surface area contributed by atoms with E-state index in [1.807, 2.05) is 0 Å². The van der Waals surface area contributed by atoms with Gasteiger partial charge in [-0.05, 0) is 18.2 Å². The molecule has 2 rings (SSSR count). The number of halogens is 1.